The minimum atomic E-state index is -0.168. The maximum atomic E-state index is 9.61. The van der Waals surface area contributed by atoms with Gasteiger partial charge in [0.05, 0.1) is 6.10 Å². The molecule has 0 radical (unpaired) electrons. The summed E-state index contributed by atoms with van der Waals surface area (Å²) < 4.78 is 5.38. The molecule has 136 valence electrons. The molecule has 1 aliphatic heterocycles. The topological polar surface area (TPSA) is 62.4 Å². The summed E-state index contributed by atoms with van der Waals surface area (Å²) in [6.07, 6.45) is 7.77. The third kappa shape index (κ3) is 5.38. The van der Waals surface area contributed by atoms with Crippen LogP contribution in [0.15, 0.2) is 28.8 Å². The van der Waals surface area contributed by atoms with Gasteiger partial charge >= 0.3 is 0 Å². The number of rotatable bonds is 9. The van der Waals surface area contributed by atoms with Gasteiger partial charge in [0.1, 0.15) is 0 Å². The van der Waals surface area contributed by atoms with E-state index in [1.165, 1.54) is 31.2 Å². The smallest absolute Gasteiger partial charge is 0.226 e. The first-order valence-electron chi connectivity index (χ1n) is 9.57. The highest BCUT2D eigenvalue weighted by Crippen LogP contribution is 2.19. The van der Waals surface area contributed by atoms with Gasteiger partial charge in [0.2, 0.25) is 11.7 Å². The largest absolute Gasteiger partial charge is 0.392 e. The Bertz CT molecular complexity index is 639. The van der Waals surface area contributed by atoms with Gasteiger partial charge in [-0.05, 0) is 18.4 Å². The highest BCUT2D eigenvalue weighted by molar-refractivity contribution is 5.54. The highest BCUT2D eigenvalue weighted by Gasteiger charge is 2.19. The molecule has 1 N–H and O–H groups in total. The minimum Gasteiger partial charge on any atom is -0.392 e. The van der Waals surface area contributed by atoms with Crippen molar-refractivity contribution in [2.24, 2.45) is 0 Å². The molecule has 1 atom stereocenters. The van der Waals surface area contributed by atoms with Crippen LogP contribution in [0.2, 0.25) is 0 Å². The second kappa shape index (κ2) is 9.11. The lowest BCUT2D eigenvalue weighted by Gasteiger charge is -2.14. The second-order valence-corrected chi connectivity index (χ2v) is 7.05. The van der Waals surface area contributed by atoms with Crippen molar-refractivity contribution in [2.45, 2.75) is 64.5 Å². The van der Waals surface area contributed by atoms with Crippen LogP contribution in [0.25, 0.3) is 11.4 Å². The van der Waals surface area contributed by atoms with Crippen LogP contribution in [0, 0.1) is 0 Å². The normalized spacial score (nSPS) is 18.1. The molecule has 3 rings (SSSR count). The van der Waals surface area contributed by atoms with Gasteiger partial charge in [-0.15, -0.1) is 0 Å². The van der Waals surface area contributed by atoms with E-state index in [1.807, 2.05) is 0 Å². The number of aryl methyl sites for hydroxylation is 1. The van der Waals surface area contributed by atoms with Crippen LogP contribution in [-0.4, -0.2) is 39.3 Å². The Kier molecular flexibility index (Phi) is 6.59. The Morgan fingerprint density at radius 2 is 1.96 bits per heavy atom. The second-order valence-electron chi connectivity index (χ2n) is 7.05. The van der Waals surface area contributed by atoms with Gasteiger partial charge in [0, 0.05) is 31.6 Å². The fraction of sp³-hybridized carbons (Fsp3) is 0.600. The SMILES string of the molecule is CCCCCCCc1nc(-c2ccc(CN3CC[C@H](O)C3)cc2)no1. The molecule has 1 aromatic heterocycles. The van der Waals surface area contributed by atoms with E-state index in [9.17, 15) is 5.11 Å². The molecule has 0 aliphatic carbocycles. The third-order valence-corrected chi connectivity index (χ3v) is 4.83. The summed E-state index contributed by atoms with van der Waals surface area (Å²) in [5, 5.41) is 13.7. The Labute approximate surface area is 150 Å². The van der Waals surface area contributed by atoms with E-state index in [4.69, 9.17) is 4.52 Å². The molecule has 2 heterocycles. The monoisotopic (exact) mass is 343 g/mol. The molecule has 25 heavy (non-hydrogen) atoms. The molecular formula is C20H29N3O2. The molecule has 0 bridgehead atoms. The number of aliphatic hydroxyl groups is 1. The molecule has 2 aromatic rings. The highest BCUT2D eigenvalue weighted by atomic mass is 16.5. The minimum absolute atomic E-state index is 0.168. The molecule has 5 nitrogen and oxygen atoms in total. The average Bonchev–Trinajstić information content (AvgIpc) is 3.25. The Morgan fingerprint density at radius 3 is 2.68 bits per heavy atom. The fourth-order valence-corrected chi connectivity index (χ4v) is 3.33. The zero-order valence-corrected chi connectivity index (χ0v) is 15.2. The molecule has 0 saturated carbocycles. The van der Waals surface area contributed by atoms with Crippen LogP contribution in [-0.2, 0) is 13.0 Å². The fourth-order valence-electron chi connectivity index (χ4n) is 3.33. The quantitative estimate of drug-likeness (QED) is 0.701. The Balaban J connectivity index is 1.50. The standard InChI is InChI=1S/C20H29N3O2/c1-2-3-4-5-6-7-19-21-20(22-25-19)17-10-8-16(9-11-17)14-23-13-12-18(24)15-23/h8-11,18,24H,2-7,12-15H2,1H3/t18-/m0/s1. The lowest BCUT2D eigenvalue weighted by atomic mass is 10.1. The lowest BCUT2D eigenvalue weighted by molar-refractivity contribution is 0.175. The lowest BCUT2D eigenvalue weighted by Crippen LogP contribution is -2.21. The van der Waals surface area contributed by atoms with Crippen molar-refractivity contribution < 1.29 is 9.63 Å². The van der Waals surface area contributed by atoms with Gasteiger partial charge < -0.3 is 9.63 Å². The number of unbranched alkanes of at least 4 members (excludes halogenated alkanes) is 4. The van der Waals surface area contributed by atoms with E-state index < -0.39 is 0 Å². The molecular weight excluding hydrogens is 314 g/mol. The van der Waals surface area contributed by atoms with Gasteiger partial charge in [-0.2, -0.15) is 4.98 Å². The first-order chi connectivity index (χ1) is 12.2. The van der Waals surface area contributed by atoms with Crippen molar-refractivity contribution >= 4 is 0 Å². The van der Waals surface area contributed by atoms with Crippen LogP contribution in [0.4, 0.5) is 0 Å². The number of hydrogen-bond acceptors (Lipinski definition) is 5. The molecule has 1 aliphatic rings. The summed E-state index contributed by atoms with van der Waals surface area (Å²) in [5.41, 5.74) is 2.24. The van der Waals surface area contributed by atoms with Crippen molar-refractivity contribution in [3.8, 4) is 11.4 Å². The molecule has 1 fully saturated rings. The summed E-state index contributed by atoms with van der Waals surface area (Å²) in [4.78, 5) is 6.80. The summed E-state index contributed by atoms with van der Waals surface area (Å²) in [6.45, 7) is 4.85. The summed E-state index contributed by atoms with van der Waals surface area (Å²) in [6, 6.07) is 8.33. The predicted octanol–water partition coefficient (Wildman–Crippen LogP) is 3.82. The van der Waals surface area contributed by atoms with Crippen molar-refractivity contribution in [1.82, 2.24) is 15.0 Å². The number of aromatic nitrogens is 2. The molecule has 5 heteroatoms. The zero-order valence-electron chi connectivity index (χ0n) is 15.2. The maximum absolute atomic E-state index is 9.61. The first kappa shape index (κ1) is 18.1. The molecule has 0 unspecified atom stereocenters. The van der Waals surface area contributed by atoms with Crippen LogP contribution in [0.3, 0.4) is 0 Å². The van der Waals surface area contributed by atoms with Crippen LogP contribution in [0.1, 0.15) is 56.9 Å². The van der Waals surface area contributed by atoms with Crippen molar-refractivity contribution in [2.75, 3.05) is 13.1 Å². The predicted molar refractivity (Wildman–Crippen MR) is 98.1 cm³/mol. The Morgan fingerprint density at radius 1 is 1.16 bits per heavy atom. The molecule has 0 amide bonds. The number of aliphatic hydroxyl groups excluding tert-OH is 1. The van der Waals surface area contributed by atoms with Crippen LogP contribution < -0.4 is 0 Å². The van der Waals surface area contributed by atoms with Crippen LogP contribution in [0.5, 0.6) is 0 Å². The van der Waals surface area contributed by atoms with Gasteiger partial charge in [-0.25, -0.2) is 0 Å². The van der Waals surface area contributed by atoms with Crippen LogP contribution >= 0.6 is 0 Å². The van der Waals surface area contributed by atoms with E-state index in [-0.39, 0.29) is 6.10 Å². The molecule has 0 spiro atoms. The van der Waals surface area contributed by atoms with Gasteiger partial charge in [0.25, 0.3) is 0 Å². The molecule has 1 saturated heterocycles. The number of likely N-dealkylation sites (tertiary alicyclic amines) is 1. The summed E-state index contributed by atoms with van der Waals surface area (Å²) >= 11 is 0. The third-order valence-electron chi connectivity index (χ3n) is 4.83. The van der Waals surface area contributed by atoms with Crippen molar-refractivity contribution in [1.29, 1.82) is 0 Å². The maximum Gasteiger partial charge on any atom is 0.226 e. The molecule has 1 aromatic carbocycles. The number of benzene rings is 1. The number of hydrogen-bond donors (Lipinski definition) is 1. The van der Waals surface area contributed by atoms with E-state index in [0.29, 0.717) is 5.82 Å². The van der Waals surface area contributed by atoms with Gasteiger partial charge in [-0.3, -0.25) is 4.90 Å². The average molecular weight is 343 g/mol. The summed E-state index contributed by atoms with van der Waals surface area (Å²) in [5.74, 6) is 1.41. The van der Waals surface area contributed by atoms with Gasteiger partial charge in [0.15, 0.2) is 0 Å². The number of nitrogens with zero attached hydrogens (tertiary/aromatic N) is 3. The first-order valence-corrected chi connectivity index (χ1v) is 9.57. The van der Waals surface area contributed by atoms with Crippen molar-refractivity contribution in [3.05, 3.63) is 35.7 Å². The van der Waals surface area contributed by atoms with Crippen molar-refractivity contribution in [3.63, 3.8) is 0 Å². The zero-order chi connectivity index (χ0) is 17.5. The van der Waals surface area contributed by atoms with E-state index in [1.54, 1.807) is 0 Å². The Hall–Kier alpha value is -1.72. The number of β-amino-alcohol motifs (C(OH)–C–C–N with tert-alkyl or cyclic N) is 1. The van der Waals surface area contributed by atoms with E-state index in [2.05, 4.69) is 46.2 Å². The van der Waals surface area contributed by atoms with E-state index >= 15 is 0 Å². The van der Waals surface area contributed by atoms with Gasteiger partial charge in [-0.1, -0.05) is 62.0 Å². The summed E-state index contributed by atoms with van der Waals surface area (Å²) in [7, 11) is 0. The van der Waals surface area contributed by atoms with E-state index in [0.717, 1.165) is 50.4 Å².